The molecule has 0 atom stereocenters. The molecule has 0 saturated carbocycles. The average molecular weight is 323 g/mol. The van der Waals surface area contributed by atoms with Crippen LogP contribution in [0, 0.1) is 23.0 Å². The van der Waals surface area contributed by atoms with Crippen molar-refractivity contribution in [2.75, 3.05) is 5.32 Å². The topological polar surface area (TPSA) is 35.8 Å². The molecule has 1 N–H and O–H groups in total. The summed E-state index contributed by atoms with van der Waals surface area (Å²) in [4.78, 5) is 0. The zero-order valence-electron chi connectivity index (χ0n) is 9.75. The van der Waals surface area contributed by atoms with Gasteiger partial charge in [0.2, 0.25) is 0 Å². The van der Waals surface area contributed by atoms with Gasteiger partial charge in [-0.3, -0.25) is 0 Å². The molecule has 2 aromatic rings. The van der Waals surface area contributed by atoms with Gasteiger partial charge in [0.15, 0.2) is 0 Å². The summed E-state index contributed by atoms with van der Waals surface area (Å²) >= 11 is 3.10. The minimum atomic E-state index is -0.679. The Morgan fingerprint density at radius 3 is 2.63 bits per heavy atom. The van der Waals surface area contributed by atoms with Crippen molar-refractivity contribution in [3.63, 3.8) is 0 Å². The number of anilines is 1. The molecule has 19 heavy (non-hydrogen) atoms. The molecule has 0 amide bonds. The van der Waals surface area contributed by atoms with Gasteiger partial charge in [0.1, 0.15) is 11.6 Å². The summed E-state index contributed by atoms with van der Waals surface area (Å²) in [6.07, 6.45) is 0. The fourth-order valence-electron chi connectivity index (χ4n) is 1.68. The smallest absolute Gasteiger partial charge is 0.150 e. The van der Waals surface area contributed by atoms with E-state index in [9.17, 15) is 8.78 Å². The second-order valence-corrected chi connectivity index (χ2v) is 4.72. The van der Waals surface area contributed by atoms with Gasteiger partial charge < -0.3 is 5.32 Å². The highest BCUT2D eigenvalue weighted by molar-refractivity contribution is 9.10. The maximum absolute atomic E-state index is 13.6. The van der Waals surface area contributed by atoms with Crippen LogP contribution in [0.2, 0.25) is 0 Å². The van der Waals surface area contributed by atoms with Crippen molar-refractivity contribution >= 4 is 21.6 Å². The third kappa shape index (κ3) is 3.09. The molecule has 0 bridgehead atoms. The van der Waals surface area contributed by atoms with Crippen molar-refractivity contribution in [1.82, 2.24) is 0 Å². The molecular formula is C14H9BrF2N2. The molecule has 0 saturated heterocycles. The number of nitriles is 1. The second-order valence-electron chi connectivity index (χ2n) is 3.87. The highest BCUT2D eigenvalue weighted by atomic mass is 79.9. The zero-order chi connectivity index (χ0) is 13.8. The molecular weight excluding hydrogens is 314 g/mol. The third-order valence-corrected chi connectivity index (χ3v) is 3.23. The monoisotopic (exact) mass is 322 g/mol. The van der Waals surface area contributed by atoms with E-state index in [-0.39, 0.29) is 12.2 Å². The summed E-state index contributed by atoms with van der Waals surface area (Å²) < 4.78 is 26.9. The number of halogens is 3. The number of nitrogens with one attached hydrogen (secondary N) is 1. The van der Waals surface area contributed by atoms with E-state index in [0.29, 0.717) is 10.0 Å². The first kappa shape index (κ1) is 13.5. The van der Waals surface area contributed by atoms with E-state index >= 15 is 0 Å². The minimum absolute atomic E-state index is 0.175. The van der Waals surface area contributed by atoms with Crippen LogP contribution in [0.5, 0.6) is 0 Å². The van der Waals surface area contributed by atoms with Crippen molar-refractivity contribution in [1.29, 1.82) is 5.26 Å². The normalized spacial score (nSPS) is 10.0. The summed E-state index contributed by atoms with van der Waals surface area (Å²) in [6.45, 7) is 0.283. The molecule has 0 aromatic heterocycles. The predicted molar refractivity (Wildman–Crippen MR) is 72.5 cm³/mol. The van der Waals surface area contributed by atoms with Gasteiger partial charge >= 0.3 is 0 Å². The Hall–Kier alpha value is -1.93. The van der Waals surface area contributed by atoms with Crippen molar-refractivity contribution < 1.29 is 8.78 Å². The highest BCUT2D eigenvalue weighted by Crippen LogP contribution is 2.27. The molecule has 2 nitrogen and oxygen atoms in total. The van der Waals surface area contributed by atoms with Crippen molar-refractivity contribution in [2.45, 2.75) is 6.54 Å². The molecule has 0 unspecified atom stereocenters. The summed E-state index contributed by atoms with van der Waals surface area (Å²) in [5, 5.41) is 11.8. The molecule has 2 rings (SSSR count). The Bertz CT molecular complexity index is 627. The number of nitrogens with zero attached hydrogens (tertiary/aromatic N) is 1. The Morgan fingerprint density at radius 2 is 1.95 bits per heavy atom. The summed E-state index contributed by atoms with van der Waals surface area (Å²) in [6, 6.07) is 11.1. The molecule has 2 aromatic carbocycles. The standard InChI is InChI=1S/C14H9BrF2N2/c15-12-5-11(16)6-13(17)14(12)19-8-10-4-2-1-3-9(10)7-18/h1-6,19H,8H2. The highest BCUT2D eigenvalue weighted by Gasteiger charge is 2.10. The van der Waals surface area contributed by atoms with Gasteiger partial charge in [-0.25, -0.2) is 8.78 Å². The maximum Gasteiger partial charge on any atom is 0.150 e. The van der Waals surface area contributed by atoms with Crippen LogP contribution >= 0.6 is 15.9 Å². The number of benzene rings is 2. The molecule has 96 valence electrons. The summed E-state index contributed by atoms with van der Waals surface area (Å²) in [5.74, 6) is -1.33. The van der Waals surface area contributed by atoms with Gasteiger partial charge in [0.25, 0.3) is 0 Å². The van der Waals surface area contributed by atoms with Crippen LogP contribution in [0.4, 0.5) is 14.5 Å². The Balaban J connectivity index is 2.22. The fourth-order valence-corrected chi connectivity index (χ4v) is 2.23. The molecule has 0 aliphatic carbocycles. The predicted octanol–water partition coefficient (Wildman–Crippen LogP) is 4.21. The van der Waals surface area contributed by atoms with Crippen LogP contribution in [0.3, 0.4) is 0 Å². The fraction of sp³-hybridized carbons (Fsp3) is 0.0714. The van der Waals surface area contributed by atoms with Crippen molar-refractivity contribution in [2.24, 2.45) is 0 Å². The maximum atomic E-state index is 13.6. The lowest BCUT2D eigenvalue weighted by Gasteiger charge is -2.10. The van der Waals surface area contributed by atoms with Crippen molar-refractivity contribution in [3.05, 3.63) is 63.6 Å². The van der Waals surface area contributed by atoms with Crippen molar-refractivity contribution in [3.8, 4) is 6.07 Å². The van der Waals surface area contributed by atoms with Gasteiger partial charge in [-0.1, -0.05) is 18.2 Å². The van der Waals surface area contributed by atoms with Crippen LogP contribution in [-0.4, -0.2) is 0 Å². The lowest BCUT2D eigenvalue weighted by Crippen LogP contribution is -2.04. The van der Waals surface area contributed by atoms with Gasteiger partial charge in [-0.2, -0.15) is 5.26 Å². The Morgan fingerprint density at radius 1 is 1.21 bits per heavy atom. The minimum Gasteiger partial charge on any atom is -0.378 e. The first-order valence-corrected chi connectivity index (χ1v) is 6.27. The SMILES string of the molecule is N#Cc1ccccc1CNc1c(F)cc(F)cc1Br. The second kappa shape index (κ2) is 5.81. The molecule has 0 fully saturated rings. The Kier molecular flexibility index (Phi) is 4.13. The first-order valence-electron chi connectivity index (χ1n) is 5.48. The van der Waals surface area contributed by atoms with Crippen LogP contribution in [0.1, 0.15) is 11.1 Å². The lowest BCUT2D eigenvalue weighted by molar-refractivity contribution is 0.583. The number of rotatable bonds is 3. The summed E-state index contributed by atoms with van der Waals surface area (Å²) in [5.41, 5.74) is 1.45. The number of hydrogen-bond donors (Lipinski definition) is 1. The van der Waals surface area contributed by atoms with E-state index in [1.54, 1.807) is 24.3 Å². The molecule has 0 radical (unpaired) electrons. The molecule has 0 spiro atoms. The van der Waals surface area contributed by atoms with Gasteiger partial charge in [-0.05, 0) is 33.6 Å². The van der Waals surface area contributed by atoms with E-state index in [4.69, 9.17) is 5.26 Å². The average Bonchev–Trinajstić information content (AvgIpc) is 2.38. The molecule has 5 heteroatoms. The largest absolute Gasteiger partial charge is 0.378 e. The van der Waals surface area contributed by atoms with E-state index in [2.05, 4.69) is 27.3 Å². The van der Waals surface area contributed by atoms with Crippen LogP contribution in [-0.2, 0) is 6.54 Å². The molecule has 0 aliphatic rings. The van der Waals surface area contributed by atoms with Gasteiger partial charge in [0.05, 0.1) is 17.3 Å². The zero-order valence-corrected chi connectivity index (χ0v) is 11.3. The van der Waals surface area contributed by atoms with E-state index in [1.165, 1.54) is 6.07 Å². The summed E-state index contributed by atoms with van der Waals surface area (Å²) in [7, 11) is 0. The van der Waals surface area contributed by atoms with Crippen LogP contribution < -0.4 is 5.32 Å². The quantitative estimate of drug-likeness (QED) is 0.918. The van der Waals surface area contributed by atoms with Gasteiger partial charge in [0, 0.05) is 17.1 Å². The lowest BCUT2D eigenvalue weighted by atomic mass is 10.1. The number of hydrogen-bond acceptors (Lipinski definition) is 2. The van der Waals surface area contributed by atoms with Crippen LogP contribution in [0.25, 0.3) is 0 Å². The van der Waals surface area contributed by atoms with Gasteiger partial charge in [-0.15, -0.1) is 0 Å². The molecule has 0 heterocycles. The van der Waals surface area contributed by atoms with E-state index in [0.717, 1.165) is 11.6 Å². The van der Waals surface area contributed by atoms with E-state index in [1.807, 2.05) is 0 Å². The van der Waals surface area contributed by atoms with Crippen LogP contribution in [0.15, 0.2) is 40.9 Å². The first-order chi connectivity index (χ1) is 9.11. The Labute approximate surface area is 117 Å². The third-order valence-electron chi connectivity index (χ3n) is 2.60. The molecule has 0 aliphatic heterocycles. The van der Waals surface area contributed by atoms with E-state index < -0.39 is 11.6 Å².